The first-order chi connectivity index (χ1) is 6.95. The monoisotopic (exact) mass is 212 g/mol. The summed E-state index contributed by atoms with van der Waals surface area (Å²) in [5.41, 5.74) is 4.71. The van der Waals surface area contributed by atoms with Crippen molar-refractivity contribution in [3.63, 3.8) is 0 Å². The fraction of sp³-hybridized carbons (Fsp3) is 0.111. The van der Waals surface area contributed by atoms with E-state index in [1.807, 2.05) is 6.07 Å². The number of amides is 2. The number of anilines is 1. The Kier molecular flexibility index (Phi) is 5.32. The minimum Gasteiger partial charge on any atom is -0.465 e. The molecule has 6 heteroatoms. The number of nitrogens with two attached hydrogens (primary N) is 1. The Balaban J connectivity index is 0.000000423. The number of hydrogen-bond acceptors (Lipinski definition) is 2. The van der Waals surface area contributed by atoms with Crippen LogP contribution in [0.15, 0.2) is 30.3 Å². The van der Waals surface area contributed by atoms with Crippen molar-refractivity contribution in [2.24, 2.45) is 5.73 Å². The lowest BCUT2D eigenvalue weighted by molar-refractivity contribution is 0.203. The van der Waals surface area contributed by atoms with Crippen LogP contribution in [0.3, 0.4) is 0 Å². The van der Waals surface area contributed by atoms with Gasteiger partial charge in [0.1, 0.15) is 0 Å². The number of carbonyl (C=O) groups is 2. The number of benzene rings is 1. The van der Waals surface area contributed by atoms with E-state index in [-0.39, 0.29) is 0 Å². The Morgan fingerprint density at radius 3 is 1.93 bits per heavy atom. The molecule has 1 rings (SSSR count). The van der Waals surface area contributed by atoms with E-state index in [0.717, 1.165) is 0 Å². The SMILES string of the molecule is CN(C(=O)O)c1ccccc1.NC(=O)O. The summed E-state index contributed by atoms with van der Waals surface area (Å²) < 4.78 is 0. The first kappa shape index (κ1) is 12.8. The summed E-state index contributed by atoms with van der Waals surface area (Å²) >= 11 is 0. The third-order valence-electron chi connectivity index (χ3n) is 1.43. The standard InChI is InChI=1S/C8H9NO2.CH3NO2/c1-9(8(10)11)7-5-3-2-4-6-7;2-1(3)4/h2-6H,1H3,(H,10,11);2H2,(H,3,4). The van der Waals surface area contributed by atoms with Crippen LogP contribution < -0.4 is 10.6 Å². The smallest absolute Gasteiger partial charge is 0.411 e. The topological polar surface area (TPSA) is 104 Å². The van der Waals surface area contributed by atoms with E-state index in [2.05, 4.69) is 5.73 Å². The normalized spacial score (nSPS) is 8.33. The first-order valence-electron chi connectivity index (χ1n) is 3.95. The molecule has 4 N–H and O–H groups in total. The number of rotatable bonds is 1. The summed E-state index contributed by atoms with van der Waals surface area (Å²) in [5, 5.41) is 15.8. The van der Waals surface area contributed by atoms with Crippen LogP contribution in [0.1, 0.15) is 0 Å². The van der Waals surface area contributed by atoms with E-state index >= 15 is 0 Å². The van der Waals surface area contributed by atoms with Crippen molar-refractivity contribution in [3.8, 4) is 0 Å². The maximum absolute atomic E-state index is 10.4. The first-order valence-corrected chi connectivity index (χ1v) is 3.95. The predicted octanol–water partition coefficient (Wildman–Crippen LogP) is 1.42. The Morgan fingerprint density at radius 2 is 1.60 bits per heavy atom. The molecule has 0 atom stereocenters. The molecule has 0 aliphatic heterocycles. The van der Waals surface area contributed by atoms with E-state index in [0.29, 0.717) is 5.69 Å². The number of primary amides is 1. The van der Waals surface area contributed by atoms with Gasteiger partial charge in [0.15, 0.2) is 0 Å². The molecular weight excluding hydrogens is 200 g/mol. The molecule has 0 saturated heterocycles. The molecule has 0 aliphatic carbocycles. The summed E-state index contributed by atoms with van der Waals surface area (Å²) in [4.78, 5) is 20.4. The van der Waals surface area contributed by atoms with E-state index in [4.69, 9.17) is 15.0 Å². The van der Waals surface area contributed by atoms with Crippen molar-refractivity contribution < 1.29 is 19.8 Å². The van der Waals surface area contributed by atoms with Crippen LogP contribution in [-0.2, 0) is 0 Å². The fourth-order valence-corrected chi connectivity index (χ4v) is 0.762. The van der Waals surface area contributed by atoms with E-state index in [1.54, 1.807) is 24.3 Å². The van der Waals surface area contributed by atoms with Crippen molar-refractivity contribution >= 4 is 17.9 Å². The van der Waals surface area contributed by atoms with Gasteiger partial charge in [-0.2, -0.15) is 0 Å². The molecule has 0 spiro atoms. The average molecular weight is 212 g/mol. The molecule has 0 radical (unpaired) electrons. The highest BCUT2D eigenvalue weighted by Crippen LogP contribution is 2.10. The zero-order valence-corrected chi connectivity index (χ0v) is 8.12. The third-order valence-corrected chi connectivity index (χ3v) is 1.43. The van der Waals surface area contributed by atoms with Gasteiger partial charge in [-0.15, -0.1) is 0 Å². The molecule has 0 aromatic heterocycles. The van der Waals surface area contributed by atoms with Crippen molar-refractivity contribution in [1.82, 2.24) is 0 Å². The Bertz CT molecular complexity index is 322. The fourth-order valence-electron chi connectivity index (χ4n) is 0.762. The molecule has 0 saturated carbocycles. The van der Waals surface area contributed by atoms with E-state index < -0.39 is 12.2 Å². The van der Waals surface area contributed by atoms with Crippen molar-refractivity contribution in [2.75, 3.05) is 11.9 Å². The summed E-state index contributed by atoms with van der Waals surface area (Å²) in [6.45, 7) is 0. The van der Waals surface area contributed by atoms with Crippen LogP contribution in [0, 0.1) is 0 Å². The molecule has 0 bridgehead atoms. The summed E-state index contributed by atoms with van der Waals surface area (Å²) in [7, 11) is 1.51. The van der Waals surface area contributed by atoms with Crippen LogP contribution in [0.25, 0.3) is 0 Å². The molecule has 2 amide bonds. The summed E-state index contributed by atoms with van der Waals surface area (Å²) in [5.74, 6) is 0. The quantitative estimate of drug-likeness (QED) is 0.654. The van der Waals surface area contributed by atoms with Gasteiger partial charge in [0.05, 0.1) is 0 Å². The van der Waals surface area contributed by atoms with Crippen molar-refractivity contribution in [2.45, 2.75) is 0 Å². The number of para-hydroxylation sites is 1. The summed E-state index contributed by atoms with van der Waals surface area (Å²) in [6, 6.07) is 8.94. The molecule has 6 nitrogen and oxygen atoms in total. The second kappa shape index (κ2) is 6.25. The van der Waals surface area contributed by atoms with E-state index in [9.17, 15) is 4.79 Å². The minimum absolute atomic E-state index is 0.681. The molecule has 1 aromatic rings. The van der Waals surface area contributed by atoms with Crippen molar-refractivity contribution in [1.29, 1.82) is 0 Å². The minimum atomic E-state index is -1.33. The Morgan fingerprint density at radius 1 is 1.20 bits per heavy atom. The highest BCUT2D eigenvalue weighted by atomic mass is 16.4. The van der Waals surface area contributed by atoms with Crippen molar-refractivity contribution in [3.05, 3.63) is 30.3 Å². The van der Waals surface area contributed by atoms with Crippen LogP contribution in [-0.4, -0.2) is 29.4 Å². The van der Waals surface area contributed by atoms with Gasteiger partial charge in [-0.05, 0) is 12.1 Å². The number of nitrogens with zero attached hydrogens (tertiary/aromatic N) is 1. The molecule has 1 aromatic carbocycles. The second-order valence-corrected chi connectivity index (χ2v) is 2.52. The maximum atomic E-state index is 10.4. The van der Waals surface area contributed by atoms with Gasteiger partial charge in [-0.3, -0.25) is 4.90 Å². The molecular formula is C9H12N2O4. The highest BCUT2D eigenvalue weighted by Gasteiger charge is 2.05. The lowest BCUT2D eigenvalue weighted by Gasteiger charge is -2.11. The molecule has 0 aliphatic rings. The lowest BCUT2D eigenvalue weighted by Crippen LogP contribution is -2.23. The Labute approximate surface area is 86.5 Å². The maximum Gasteiger partial charge on any atom is 0.411 e. The molecule has 0 unspecified atom stereocenters. The number of hydrogen-bond donors (Lipinski definition) is 3. The van der Waals surface area contributed by atoms with E-state index in [1.165, 1.54) is 11.9 Å². The predicted molar refractivity (Wildman–Crippen MR) is 55.1 cm³/mol. The molecule has 15 heavy (non-hydrogen) atoms. The van der Waals surface area contributed by atoms with Gasteiger partial charge in [0, 0.05) is 12.7 Å². The van der Waals surface area contributed by atoms with Crippen LogP contribution in [0.4, 0.5) is 15.3 Å². The Hall–Kier alpha value is -2.24. The highest BCUT2D eigenvalue weighted by molar-refractivity contribution is 5.85. The molecule has 0 heterocycles. The largest absolute Gasteiger partial charge is 0.465 e. The van der Waals surface area contributed by atoms with Gasteiger partial charge in [-0.25, -0.2) is 9.59 Å². The zero-order valence-electron chi connectivity index (χ0n) is 8.12. The van der Waals surface area contributed by atoms with Gasteiger partial charge >= 0.3 is 12.2 Å². The number of carboxylic acid groups (broad SMARTS) is 2. The zero-order chi connectivity index (χ0) is 11.8. The van der Waals surface area contributed by atoms with Crippen LogP contribution in [0.5, 0.6) is 0 Å². The molecule has 82 valence electrons. The van der Waals surface area contributed by atoms with Gasteiger partial charge in [0.25, 0.3) is 0 Å². The third kappa shape index (κ3) is 5.92. The van der Waals surface area contributed by atoms with Crippen LogP contribution in [0.2, 0.25) is 0 Å². The van der Waals surface area contributed by atoms with Gasteiger partial charge in [-0.1, -0.05) is 18.2 Å². The lowest BCUT2D eigenvalue weighted by atomic mass is 10.3. The summed E-state index contributed by atoms with van der Waals surface area (Å²) in [6.07, 6.45) is -2.28. The molecule has 0 fully saturated rings. The van der Waals surface area contributed by atoms with Gasteiger partial charge in [0.2, 0.25) is 0 Å². The second-order valence-electron chi connectivity index (χ2n) is 2.52. The van der Waals surface area contributed by atoms with Gasteiger partial charge < -0.3 is 15.9 Å². The average Bonchev–Trinajstić information content (AvgIpc) is 2.17. The van der Waals surface area contributed by atoms with Crippen LogP contribution >= 0.6 is 0 Å².